The highest BCUT2D eigenvalue weighted by Gasteiger charge is 2.03. The lowest BCUT2D eigenvalue weighted by Gasteiger charge is -2.10. The van der Waals surface area contributed by atoms with Crippen LogP contribution >= 0.6 is 0 Å². The molecule has 0 aliphatic rings. The molecule has 0 aliphatic heterocycles. The second-order valence-electron chi connectivity index (χ2n) is 3.56. The van der Waals surface area contributed by atoms with Gasteiger partial charge in [-0.1, -0.05) is 0 Å². The van der Waals surface area contributed by atoms with Gasteiger partial charge in [0.1, 0.15) is 11.6 Å². The van der Waals surface area contributed by atoms with Gasteiger partial charge in [-0.05, 0) is 31.4 Å². The Balaban J connectivity index is 2.42. The molecule has 4 heteroatoms. The first kappa shape index (κ1) is 12.8. The monoisotopic (exact) mass is 227 g/mol. The van der Waals surface area contributed by atoms with E-state index >= 15 is 0 Å². The van der Waals surface area contributed by atoms with E-state index in [2.05, 4.69) is 5.32 Å². The van der Waals surface area contributed by atoms with Gasteiger partial charge in [-0.15, -0.1) is 0 Å². The third kappa shape index (κ3) is 4.06. The molecule has 0 aliphatic carbocycles. The number of ether oxygens (including phenoxy) is 1. The summed E-state index contributed by atoms with van der Waals surface area (Å²) >= 11 is 0. The van der Waals surface area contributed by atoms with Crippen molar-refractivity contribution in [2.24, 2.45) is 0 Å². The lowest BCUT2D eigenvalue weighted by molar-refractivity contribution is 0.283. The molecule has 16 heavy (non-hydrogen) atoms. The molecule has 2 N–H and O–H groups in total. The minimum atomic E-state index is -0.279. The van der Waals surface area contributed by atoms with Gasteiger partial charge in [0.05, 0.1) is 12.8 Å². The van der Waals surface area contributed by atoms with Crippen LogP contribution < -0.4 is 10.1 Å². The number of hydrogen-bond acceptors (Lipinski definition) is 3. The number of unbranched alkanes of at least 4 members (excludes halogenated alkanes) is 2. The van der Waals surface area contributed by atoms with Crippen molar-refractivity contribution >= 4 is 5.69 Å². The minimum Gasteiger partial charge on any atom is -0.495 e. The maximum absolute atomic E-state index is 13.0. The van der Waals surface area contributed by atoms with Crippen LogP contribution in [-0.2, 0) is 0 Å². The van der Waals surface area contributed by atoms with Crippen LogP contribution in [0.3, 0.4) is 0 Å². The normalized spacial score (nSPS) is 10.2. The van der Waals surface area contributed by atoms with Crippen LogP contribution in [0.5, 0.6) is 5.75 Å². The fourth-order valence-electron chi connectivity index (χ4n) is 1.45. The zero-order valence-electron chi connectivity index (χ0n) is 9.50. The Bertz CT molecular complexity index is 318. The molecule has 0 amide bonds. The zero-order valence-corrected chi connectivity index (χ0v) is 9.50. The Morgan fingerprint density at radius 1 is 1.31 bits per heavy atom. The summed E-state index contributed by atoms with van der Waals surface area (Å²) in [5.41, 5.74) is 0.673. The van der Waals surface area contributed by atoms with Gasteiger partial charge in [0.25, 0.3) is 0 Å². The van der Waals surface area contributed by atoms with Gasteiger partial charge in [0.2, 0.25) is 0 Å². The summed E-state index contributed by atoms with van der Waals surface area (Å²) in [6.07, 6.45) is 2.71. The molecular formula is C12H18FNO2. The maximum Gasteiger partial charge on any atom is 0.142 e. The predicted octanol–water partition coefficient (Wildman–Crippen LogP) is 2.41. The molecule has 90 valence electrons. The summed E-state index contributed by atoms with van der Waals surface area (Å²) in [6.45, 7) is 0.975. The molecule has 0 fully saturated rings. The number of halogens is 1. The second kappa shape index (κ2) is 7.06. The summed E-state index contributed by atoms with van der Waals surface area (Å²) in [5, 5.41) is 11.7. The Kier molecular flexibility index (Phi) is 5.64. The highest BCUT2D eigenvalue weighted by molar-refractivity contribution is 5.56. The molecule has 0 heterocycles. The highest BCUT2D eigenvalue weighted by Crippen LogP contribution is 2.24. The molecular weight excluding hydrogens is 209 g/mol. The smallest absolute Gasteiger partial charge is 0.142 e. The molecule has 1 rings (SSSR count). The highest BCUT2D eigenvalue weighted by atomic mass is 19.1. The van der Waals surface area contributed by atoms with Gasteiger partial charge < -0.3 is 15.2 Å². The standard InChI is InChI=1S/C12H18FNO2/c1-16-12-6-5-10(13)9-11(12)14-7-3-2-4-8-15/h5-6,9,14-15H,2-4,7-8H2,1H3. The summed E-state index contributed by atoms with van der Waals surface area (Å²) < 4.78 is 18.1. The molecule has 0 unspecified atom stereocenters. The Hall–Kier alpha value is -1.29. The first-order valence-electron chi connectivity index (χ1n) is 5.46. The van der Waals surface area contributed by atoms with E-state index in [4.69, 9.17) is 9.84 Å². The number of anilines is 1. The average Bonchev–Trinajstić information content (AvgIpc) is 2.29. The first-order valence-corrected chi connectivity index (χ1v) is 5.46. The molecule has 3 nitrogen and oxygen atoms in total. The van der Waals surface area contributed by atoms with Crippen molar-refractivity contribution in [2.75, 3.05) is 25.6 Å². The van der Waals surface area contributed by atoms with Crippen LogP contribution in [0.1, 0.15) is 19.3 Å². The van der Waals surface area contributed by atoms with Crippen molar-refractivity contribution in [3.8, 4) is 5.75 Å². The minimum absolute atomic E-state index is 0.225. The average molecular weight is 227 g/mol. The maximum atomic E-state index is 13.0. The zero-order chi connectivity index (χ0) is 11.8. The van der Waals surface area contributed by atoms with Gasteiger partial charge in [-0.3, -0.25) is 0 Å². The van der Waals surface area contributed by atoms with Gasteiger partial charge in [-0.2, -0.15) is 0 Å². The molecule has 0 atom stereocenters. The summed E-state index contributed by atoms with van der Waals surface area (Å²) in [5.74, 6) is 0.363. The van der Waals surface area contributed by atoms with E-state index in [1.807, 2.05) is 0 Å². The third-order valence-corrected chi connectivity index (χ3v) is 2.31. The quantitative estimate of drug-likeness (QED) is 0.703. The van der Waals surface area contributed by atoms with E-state index in [0.717, 1.165) is 25.8 Å². The number of aliphatic hydroxyl groups excluding tert-OH is 1. The van der Waals surface area contributed by atoms with Crippen molar-refractivity contribution in [3.05, 3.63) is 24.0 Å². The van der Waals surface area contributed by atoms with E-state index < -0.39 is 0 Å². The fourth-order valence-corrected chi connectivity index (χ4v) is 1.45. The van der Waals surface area contributed by atoms with Crippen molar-refractivity contribution in [3.63, 3.8) is 0 Å². The molecule has 0 bridgehead atoms. The number of hydrogen-bond donors (Lipinski definition) is 2. The summed E-state index contributed by atoms with van der Waals surface area (Å²) in [7, 11) is 1.56. The Labute approximate surface area is 95.2 Å². The number of rotatable bonds is 7. The van der Waals surface area contributed by atoms with Gasteiger partial charge in [0.15, 0.2) is 0 Å². The molecule has 1 aromatic rings. The fraction of sp³-hybridized carbons (Fsp3) is 0.500. The number of aliphatic hydroxyl groups is 1. The molecule has 0 spiro atoms. The SMILES string of the molecule is COc1ccc(F)cc1NCCCCCO. The molecule has 0 aromatic heterocycles. The van der Waals surface area contributed by atoms with Crippen LogP contribution in [0.2, 0.25) is 0 Å². The summed E-state index contributed by atoms with van der Waals surface area (Å²) in [6, 6.07) is 4.39. The first-order chi connectivity index (χ1) is 7.77. The number of nitrogens with one attached hydrogen (secondary N) is 1. The van der Waals surface area contributed by atoms with E-state index in [1.54, 1.807) is 13.2 Å². The third-order valence-electron chi connectivity index (χ3n) is 2.31. The second-order valence-corrected chi connectivity index (χ2v) is 3.56. The largest absolute Gasteiger partial charge is 0.495 e. The molecule has 0 saturated carbocycles. The Morgan fingerprint density at radius 2 is 2.12 bits per heavy atom. The van der Waals surface area contributed by atoms with E-state index in [-0.39, 0.29) is 12.4 Å². The summed E-state index contributed by atoms with van der Waals surface area (Å²) in [4.78, 5) is 0. The predicted molar refractivity (Wildman–Crippen MR) is 62.4 cm³/mol. The van der Waals surface area contributed by atoms with Gasteiger partial charge >= 0.3 is 0 Å². The lowest BCUT2D eigenvalue weighted by Crippen LogP contribution is -2.03. The van der Waals surface area contributed by atoms with Crippen molar-refractivity contribution in [1.82, 2.24) is 0 Å². The number of methoxy groups -OCH3 is 1. The van der Waals surface area contributed by atoms with Gasteiger partial charge in [-0.25, -0.2) is 4.39 Å². The van der Waals surface area contributed by atoms with E-state index in [0.29, 0.717) is 11.4 Å². The van der Waals surface area contributed by atoms with Crippen LogP contribution in [0.4, 0.5) is 10.1 Å². The Morgan fingerprint density at radius 3 is 2.81 bits per heavy atom. The molecule has 0 saturated heterocycles. The van der Waals surface area contributed by atoms with Crippen molar-refractivity contribution < 1.29 is 14.2 Å². The number of benzene rings is 1. The van der Waals surface area contributed by atoms with E-state index in [9.17, 15) is 4.39 Å². The van der Waals surface area contributed by atoms with Gasteiger partial charge in [0, 0.05) is 19.2 Å². The van der Waals surface area contributed by atoms with Crippen LogP contribution in [0, 0.1) is 5.82 Å². The van der Waals surface area contributed by atoms with Crippen molar-refractivity contribution in [2.45, 2.75) is 19.3 Å². The van der Waals surface area contributed by atoms with Crippen LogP contribution in [-0.4, -0.2) is 25.4 Å². The lowest BCUT2D eigenvalue weighted by atomic mass is 10.2. The van der Waals surface area contributed by atoms with E-state index in [1.165, 1.54) is 12.1 Å². The van der Waals surface area contributed by atoms with Crippen LogP contribution in [0.15, 0.2) is 18.2 Å². The molecule has 0 radical (unpaired) electrons. The topological polar surface area (TPSA) is 41.5 Å². The molecule has 1 aromatic carbocycles. The van der Waals surface area contributed by atoms with Crippen LogP contribution in [0.25, 0.3) is 0 Å². The van der Waals surface area contributed by atoms with Crippen molar-refractivity contribution in [1.29, 1.82) is 0 Å².